The van der Waals surface area contributed by atoms with Crippen molar-refractivity contribution in [2.24, 2.45) is 0 Å². The first kappa shape index (κ1) is 27.5. The number of carbonyl (C=O) groups is 2. The minimum atomic E-state index is -0.624. The molecule has 10 heteroatoms. The molecule has 216 valence electrons. The zero-order valence-corrected chi connectivity index (χ0v) is 23.4. The molecule has 1 unspecified atom stereocenters. The molecule has 6 rings (SSSR count). The number of aromatic amines is 1. The van der Waals surface area contributed by atoms with Crippen LogP contribution in [0.1, 0.15) is 29.3 Å². The standard InChI is InChI=1S/C33H29N5O5/c1-21-14-16-37(31-19-26(9-12-29(31)36-21)43-33(40)35-20-22-5-3-2-4-6-22)32(39)25-7-10-27(30(18-25)38(41)42)23-8-11-28-24(17-23)13-15-34-28/h2-13,15,17-19,21,34,36H,14,16,20H2,1H3,(H,35,40). The molecule has 4 aromatic carbocycles. The Morgan fingerprint density at radius 2 is 1.86 bits per heavy atom. The number of fused-ring (bicyclic) bond motifs is 2. The molecule has 0 spiro atoms. The Labute approximate surface area is 247 Å². The summed E-state index contributed by atoms with van der Waals surface area (Å²) in [4.78, 5) is 42.8. The van der Waals surface area contributed by atoms with Gasteiger partial charge >= 0.3 is 6.09 Å². The molecule has 0 bridgehead atoms. The number of ether oxygens (including phenoxy) is 1. The number of nitrogens with one attached hydrogen (secondary N) is 3. The predicted octanol–water partition coefficient (Wildman–Crippen LogP) is 6.88. The van der Waals surface area contributed by atoms with Crippen molar-refractivity contribution < 1.29 is 19.2 Å². The number of nitro groups is 1. The van der Waals surface area contributed by atoms with Crippen LogP contribution in [0.3, 0.4) is 0 Å². The molecule has 10 nitrogen and oxygen atoms in total. The highest BCUT2D eigenvalue weighted by Crippen LogP contribution is 2.37. The van der Waals surface area contributed by atoms with E-state index >= 15 is 0 Å². The van der Waals surface area contributed by atoms with Gasteiger partial charge in [0.25, 0.3) is 11.6 Å². The molecule has 0 fully saturated rings. The van der Waals surface area contributed by atoms with E-state index in [9.17, 15) is 19.7 Å². The first-order valence-electron chi connectivity index (χ1n) is 13.9. The quantitative estimate of drug-likeness (QED) is 0.149. The molecular weight excluding hydrogens is 546 g/mol. The number of nitro benzene ring substituents is 1. The summed E-state index contributed by atoms with van der Waals surface area (Å²) < 4.78 is 5.54. The summed E-state index contributed by atoms with van der Waals surface area (Å²) in [6.45, 7) is 2.69. The lowest BCUT2D eigenvalue weighted by Crippen LogP contribution is -2.32. The van der Waals surface area contributed by atoms with Gasteiger partial charge in [0.1, 0.15) is 5.75 Å². The monoisotopic (exact) mass is 575 g/mol. The van der Waals surface area contributed by atoms with Crippen molar-refractivity contribution in [3.05, 3.63) is 118 Å². The fourth-order valence-corrected chi connectivity index (χ4v) is 5.26. The fourth-order valence-electron chi connectivity index (χ4n) is 5.26. The highest BCUT2D eigenvalue weighted by molar-refractivity contribution is 6.09. The Morgan fingerprint density at radius 3 is 2.67 bits per heavy atom. The van der Waals surface area contributed by atoms with Gasteiger partial charge < -0.3 is 25.3 Å². The van der Waals surface area contributed by atoms with Crippen LogP contribution in [0, 0.1) is 10.1 Å². The van der Waals surface area contributed by atoms with E-state index in [1.54, 1.807) is 35.2 Å². The molecule has 0 aliphatic carbocycles. The van der Waals surface area contributed by atoms with Gasteiger partial charge in [-0.1, -0.05) is 36.4 Å². The van der Waals surface area contributed by atoms with Crippen molar-refractivity contribution in [3.63, 3.8) is 0 Å². The van der Waals surface area contributed by atoms with E-state index in [1.807, 2.05) is 67.7 Å². The SMILES string of the molecule is CC1CCN(C(=O)c2ccc(-c3ccc4[nH]ccc4c3)c([N+](=O)[O-])c2)c2cc(OC(=O)NCc3ccccc3)ccc2N1. The number of nitrogens with zero attached hydrogens (tertiary/aromatic N) is 2. The van der Waals surface area contributed by atoms with Gasteiger partial charge in [-0.3, -0.25) is 14.9 Å². The van der Waals surface area contributed by atoms with Gasteiger partial charge in [-0.05, 0) is 72.3 Å². The lowest BCUT2D eigenvalue weighted by atomic mass is 9.99. The number of H-pyrrole nitrogens is 1. The third-order valence-electron chi connectivity index (χ3n) is 7.49. The van der Waals surface area contributed by atoms with Gasteiger partial charge in [-0.2, -0.15) is 0 Å². The minimum absolute atomic E-state index is 0.0672. The summed E-state index contributed by atoms with van der Waals surface area (Å²) in [5.74, 6) is -0.126. The van der Waals surface area contributed by atoms with Crippen molar-refractivity contribution >= 4 is 40.0 Å². The molecular formula is C33H29N5O5. The van der Waals surface area contributed by atoms with Gasteiger partial charge in [0.15, 0.2) is 0 Å². The highest BCUT2D eigenvalue weighted by Gasteiger charge is 2.28. The number of aromatic nitrogens is 1. The van der Waals surface area contributed by atoms with Crippen LogP contribution >= 0.6 is 0 Å². The van der Waals surface area contributed by atoms with Gasteiger partial charge in [-0.25, -0.2) is 4.79 Å². The highest BCUT2D eigenvalue weighted by atomic mass is 16.6. The maximum absolute atomic E-state index is 13.9. The summed E-state index contributed by atoms with van der Waals surface area (Å²) >= 11 is 0. The van der Waals surface area contributed by atoms with Crippen LogP contribution in [0.15, 0.2) is 97.2 Å². The lowest BCUT2D eigenvalue weighted by Gasteiger charge is -2.23. The van der Waals surface area contributed by atoms with Gasteiger partial charge in [0, 0.05) is 48.5 Å². The van der Waals surface area contributed by atoms with Gasteiger partial charge in [0.05, 0.1) is 21.9 Å². The third kappa shape index (κ3) is 5.89. The number of benzene rings is 4. The van der Waals surface area contributed by atoms with Crippen LogP contribution in [0.2, 0.25) is 0 Å². The Bertz CT molecular complexity index is 1830. The Kier molecular flexibility index (Phi) is 7.48. The molecule has 2 amide bonds. The normalized spacial score (nSPS) is 14.3. The summed E-state index contributed by atoms with van der Waals surface area (Å²) in [5.41, 5.74) is 4.21. The van der Waals surface area contributed by atoms with Crippen LogP contribution in [0.4, 0.5) is 21.9 Å². The number of hydrogen-bond donors (Lipinski definition) is 3. The molecule has 1 atom stereocenters. The van der Waals surface area contributed by atoms with E-state index in [4.69, 9.17) is 4.74 Å². The molecule has 2 heterocycles. The topological polar surface area (TPSA) is 130 Å². The van der Waals surface area contributed by atoms with E-state index in [2.05, 4.69) is 15.6 Å². The van der Waals surface area contributed by atoms with E-state index in [1.165, 1.54) is 6.07 Å². The van der Waals surface area contributed by atoms with Crippen molar-refractivity contribution in [1.29, 1.82) is 0 Å². The molecule has 1 aliphatic rings. The smallest absolute Gasteiger partial charge is 0.410 e. The van der Waals surface area contributed by atoms with Crippen LogP contribution in [0.5, 0.6) is 5.75 Å². The van der Waals surface area contributed by atoms with Crippen LogP contribution in [-0.2, 0) is 6.54 Å². The Balaban J connectivity index is 1.28. The summed E-state index contributed by atoms with van der Waals surface area (Å²) in [7, 11) is 0. The summed E-state index contributed by atoms with van der Waals surface area (Å²) in [5, 5.41) is 19.2. The molecule has 43 heavy (non-hydrogen) atoms. The second kappa shape index (κ2) is 11.7. The van der Waals surface area contributed by atoms with Crippen molar-refractivity contribution in [1.82, 2.24) is 10.3 Å². The summed E-state index contributed by atoms with van der Waals surface area (Å²) in [6, 6.07) is 26.6. The van der Waals surface area contributed by atoms with Crippen LogP contribution in [-0.4, -0.2) is 34.5 Å². The first-order chi connectivity index (χ1) is 20.9. The second-order valence-corrected chi connectivity index (χ2v) is 10.5. The molecule has 3 N–H and O–H groups in total. The number of anilines is 2. The number of carbonyl (C=O) groups excluding carboxylic acids is 2. The average Bonchev–Trinajstić information content (AvgIpc) is 3.42. The molecule has 5 aromatic rings. The minimum Gasteiger partial charge on any atom is -0.410 e. The molecule has 1 aromatic heterocycles. The fraction of sp³-hybridized carbons (Fsp3) is 0.152. The van der Waals surface area contributed by atoms with Crippen LogP contribution in [0.25, 0.3) is 22.0 Å². The zero-order valence-electron chi connectivity index (χ0n) is 23.4. The van der Waals surface area contributed by atoms with Crippen molar-refractivity contribution in [3.8, 4) is 16.9 Å². The van der Waals surface area contributed by atoms with Crippen LogP contribution < -0.4 is 20.3 Å². The third-order valence-corrected chi connectivity index (χ3v) is 7.49. The van der Waals surface area contributed by atoms with E-state index < -0.39 is 16.9 Å². The lowest BCUT2D eigenvalue weighted by molar-refractivity contribution is -0.384. The maximum atomic E-state index is 13.9. The zero-order chi connectivity index (χ0) is 29.9. The van der Waals surface area contributed by atoms with Crippen molar-refractivity contribution in [2.45, 2.75) is 25.9 Å². The Morgan fingerprint density at radius 1 is 1.02 bits per heavy atom. The van der Waals surface area contributed by atoms with Gasteiger partial charge in [0.2, 0.25) is 0 Å². The number of amides is 2. The summed E-state index contributed by atoms with van der Waals surface area (Å²) in [6.07, 6.45) is 1.83. The Hall–Kier alpha value is -5.64. The molecule has 0 saturated carbocycles. The number of rotatable bonds is 6. The number of hydrogen-bond acceptors (Lipinski definition) is 6. The average molecular weight is 576 g/mol. The van der Waals surface area contributed by atoms with E-state index in [0.29, 0.717) is 42.0 Å². The maximum Gasteiger partial charge on any atom is 0.412 e. The van der Waals surface area contributed by atoms with E-state index in [-0.39, 0.29) is 23.0 Å². The van der Waals surface area contributed by atoms with Gasteiger partial charge in [-0.15, -0.1) is 0 Å². The van der Waals surface area contributed by atoms with Crippen molar-refractivity contribution in [2.75, 3.05) is 16.8 Å². The second-order valence-electron chi connectivity index (χ2n) is 10.5. The first-order valence-corrected chi connectivity index (χ1v) is 13.9. The van der Waals surface area contributed by atoms with E-state index in [0.717, 1.165) is 16.5 Å². The molecule has 1 aliphatic heterocycles. The molecule has 0 radical (unpaired) electrons. The largest absolute Gasteiger partial charge is 0.412 e. The molecule has 0 saturated heterocycles. The predicted molar refractivity (Wildman–Crippen MR) is 166 cm³/mol.